The van der Waals surface area contributed by atoms with Gasteiger partial charge in [0.25, 0.3) is 0 Å². The van der Waals surface area contributed by atoms with Gasteiger partial charge in [-0.2, -0.15) is 5.10 Å². The van der Waals surface area contributed by atoms with Crippen LogP contribution in [-0.2, 0) is 11.4 Å². The van der Waals surface area contributed by atoms with Crippen molar-refractivity contribution in [3.8, 4) is 22.8 Å². The van der Waals surface area contributed by atoms with Crippen molar-refractivity contribution in [1.82, 2.24) is 14.7 Å². The molecule has 0 saturated carbocycles. The maximum Gasteiger partial charge on any atom is 0.235 e. The molecule has 6 nitrogen and oxygen atoms in total. The van der Waals surface area contributed by atoms with Crippen molar-refractivity contribution in [3.63, 3.8) is 0 Å². The molecule has 0 spiro atoms. The maximum absolute atomic E-state index is 11.3. The molecule has 7 heteroatoms. The van der Waals surface area contributed by atoms with E-state index in [0.717, 1.165) is 47.8 Å². The van der Waals surface area contributed by atoms with Crippen molar-refractivity contribution in [2.75, 3.05) is 19.6 Å². The summed E-state index contributed by atoms with van der Waals surface area (Å²) in [5, 5.41) is 14.3. The van der Waals surface area contributed by atoms with Gasteiger partial charge in [-0.3, -0.25) is 14.4 Å². The molecule has 0 radical (unpaired) electrons. The highest BCUT2D eigenvalue weighted by Crippen LogP contribution is 2.29. The molecule has 4 rings (SSSR count). The number of para-hydroxylation sites is 1. The van der Waals surface area contributed by atoms with Crippen LogP contribution >= 0.6 is 11.6 Å². The first-order valence-corrected chi connectivity index (χ1v) is 10.4. The Morgan fingerprint density at radius 3 is 2.57 bits per heavy atom. The average molecular weight is 426 g/mol. The largest absolute Gasteiger partial charge is 0.457 e. The zero-order chi connectivity index (χ0) is 20.9. The molecule has 2 aromatic carbocycles. The summed E-state index contributed by atoms with van der Waals surface area (Å²) in [6, 6.07) is 19.4. The third kappa shape index (κ3) is 4.90. The highest BCUT2D eigenvalue weighted by molar-refractivity contribution is 6.64. The van der Waals surface area contributed by atoms with E-state index in [4.69, 9.17) is 21.4 Å². The number of likely N-dealkylation sites (tertiary alicyclic amines) is 1. The highest BCUT2D eigenvalue weighted by Gasteiger charge is 2.25. The van der Waals surface area contributed by atoms with Gasteiger partial charge in [0, 0.05) is 12.1 Å². The highest BCUT2D eigenvalue weighted by atomic mass is 35.5. The monoisotopic (exact) mass is 425 g/mol. The van der Waals surface area contributed by atoms with Gasteiger partial charge in [-0.15, -0.1) is 0 Å². The van der Waals surface area contributed by atoms with Gasteiger partial charge in [-0.25, -0.2) is 0 Å². The Labute approximate surface area is 180 Å². The molecule has 1 aromatic heterocycles. The maximum atomic E-state index is 11.3. The Bertz CT molecular complexity index is 989. The molecular formula is C23H24ClN3O3. The predicted molar refractivity (Wildman–Crippen MR) is 116 cm³/mol. The number of aliphatic hydroxyl groups is 1. The Kier molecular flexibility index (Phi) is 6.47. The molecule has 3 aromatic rings. The number of rotatable bonds is 7. The van der Waals surface area contributed by atoms with Crippen molar-refractivity contribution in [2.45, 2.75) is 25.5 Å². The van der Waals surface area contributed by atoms with E-state index in [9.17, 15) is 9.90 Å². The number of nitrogens with zero attached hydrogens (tertiary/aromatic N) is 3. The van der Waals surface area contributed by atoms with E-state index >= 15 is 0 Å². The van der Waals surface area contributed by atoms with Crippen LogP contribution in [0.3, 0.4) is 0 Å². The van der Waals surface area contributed by atoms with Gasteiger partial charge in [-0.1, -0.05) is 18.2 Å². The smallest absolute Gasteiger partial charge is 0.235 e. The van der Waals surface area contributed by atoms with Gasteiger partial charge in [0.2, 0.25) is 5.24 Å². The number of hydrogen-bond donors (Lipinski definition) is 1. The normalized spacial score (nSPS) is 17.1. The third-order valence-electron chi connectivity index (χ3n) is 5.28. The second-order valence-electron chi connectivity index (χ2n) is 7.45. The van der Waals surface area contributed by atoms with E-state index in [0.29, 0.717) is 6.54 Å². The average Bonchev–Trinajstić information content (AvgIpc) is 3.19. The van der Waals surface area contributed by atoms with Gasteiger partial charge in [0.05, 0.1) is 30.6 Å². The molecular weight excluding hydrogens is 402 g/mol. The van der Waals surface area contributed by atoms with Crippen LogP contribution in [0.25, 0.3) is 11.3 Å². The molecule has 30 heavy (non-hydrogen) atoms. The summed E-state index contributed by atoms with van der Waals surface area (Å²) in [4.78, 5) is 13.3. The molecule has 1 atom stereocenters. The number of ether oxygens (including phenoxy) is 1. The van der Waals surface area contributed by atoms with Gasteiger partial charge in [0.1, 0.15) is 11.5 Å². The number of aromatic nitrogens is 2. The molecule has 1 fully saturated rings. The summed E-state index contributed by atoms with van der Waals surface area (Å²) in [7, 11) is 0. The molecule has 1 aliphatic rings. The summed E-state index contributed by atoms with van der Waals surface area (Å²) in [6.45, 7) is 1.69. The fraction of sp³-hybridized carbons (Fsp3) is 0.304. The molecule has 0 aliphatic carbocycles. The van der Waals surface area contributed by atoms with E-state index in [-0.39, 0.29) is 24.4 Å². The standard InChI is InChI=1S/C23H24ClN3O3/c24-23(29)15-26-12-4-5-18(14-26)27-19(16-28)13-22(25-27)17-8-10-21(11-9-17)30-20-6-2-1-3-7-20/h1-3,6-11,13,18,28H,4-5,12,14-16H2. The second-order valence-corrected chi connectivity index (χ2v) is 7.87. The number of piperidine rings is 1. The summed E-state index contributed by atoms with van der Waals surface area (Å²) in [6.07, 6.45) is 1.91. The molecule has 1 aliphatic heterocycles. The summed E-state index contributed by atoms with van der Waals surface area (Å²) >= 11 is 5.56. The van der Waals surface area contributed by atoms with E-state index in [1.54, 1.807) is 0 Å². The van der Waals surface area contributed by atoms with E-state index < -0.39 is 0 Å². The molecule has 1 N–H and O–H groups in total. The lowest BCUT2D eigenvalue weighted by atomic mass is 10.1. The molecule has 1 saturated heterocycles. The number of aliphatic hydroxyl groups excluding tert-OH is 1. The quantitative estimate of drug-likeness (QED) is 0.573. The molecule has 2 heterocycles. The number of halogens is 1. The topological polar surface area (TPSA) is 67.6 Å². The molecule has 0 bridgehead atoms. The van der Waals surface area contributed by atoms with E-state index in [1.807, 2.05) is 70.2 Å². The SMILES string of the molecule is O=C(Cl)CN1CCCC(n2nc(-c3ccc(Oc4ccccc4)cc3)cc2CO)C1. The number of hydrogen-bond acceptors (Lipinski definition) is 5. The molecule has 0 amide bonds. The predicted octanol–water partition coefficient (Wildman–Crippen LogP) is 4.24. The minimum Gasteiger partial charge on any atom is -0.457 e. The van der Waals surface area contributed by atoms with Crippen LogP contribution in [0, 0.1) is 0 Å². The van der Waals surface area contributed by atoms with Gasteiger partial charge < -0.3 is 9.84 Å². The van der Waals surface area contributed by atoms with Crippen LogP contribution in [-0.4, -0.2) is 44.7 Å². The van der Waals surface area contributed by atoms with Crippen molar-refractivity contribution >= 4 is 16.8 Å². The van der Waals surface area contributed by atoms with Crippen molar-refractivity contribution in [1.29, 1.82) is 0 Å². The first kappa shape index (κ1) is 20.6. The zero-order valence-electron chi connectivity index (χ0n) is 16.6. The van der Waals surface area contributed by atoms with Gasteiger partial charge in [-0.05, 0) is 73.5 Å². The van der Waals surface area contributed by atoms with Crippen molar-refractivity contribution < 1.29 is 14.6 Å². The number of carbonyl (C=O) groups excluding carboxylic acids is 1. The fourth-order valence-corrected chi connectivity index (χ4v) is 4.05. The lowest BCUT2D eigenvalue weighted by Gasteiger charge is -2.32. The Morgan fingerprint density at radius 1 is 1.13 bits per heavy atom. The first-order valence-electron chi connectivity index (χ1n) is 10.1. The van der Waals surface area contributed by atoms with Crippen molar-refractivity contribution in [2.24, 2.45) is 0 Å². The lowest BCUT2D eigenvalue weighted by molar-refractivity contribution is -0.113. The Hall–Kier alpha value is -2.67. The third-order valence-corrected chi connectivity index (χ3v) is 5.40. The van der Waals surface area contributed by atoms with Crippen LogP contribution in [0.15, 0.2) is 60.7 Å². The second kappa shape index (κ2) is 9.43. The Morgan fingerprint density at radius 2 is 1.87 bits per heavy atom. The van der Waals surface area contributed by atoms with Gasteiger partial charge in [0.15, 0.2) is 0 Å². The number of carbonyl (C=O) groups is 1. The van der Waals surface area contributed by atoms with Crippen molar-refractivity contribution in [3.05, 3.63) is 66.4 Å². The number of benzene rings is 2. The lowest BCUT2D eigenvalue weighted by Crippen LogP contribution is -2.39. The van der Waals surface area contributed by atoms with E-state index in [1.165, 1.54) is 0 Å². The fourth-order valence-electron chi connectivity index (χ4n) is 3.88. The first-order chi connectivity index (χ1) is 14.6. The summed E-state index contributed by atoms with van der Waals surface area (Å²) in [5.74, 6) is 1.54. The summed E-state index contributed by atoms with van der Waals surface area (Å²) in [5.41, 5.74) is 2.52. The van der Waals surface area contributed by atoms with Gasteiger partial charge >= 0.3 is 0 Å². The van der Waals surface area contributed by atoms with Crippen LogP contribution in [0.2, 0.25) is 0 Å². The van der Waals surface area contributed by atoms with E-state index in [2.05, 4.69) is 0 Å². The molecule has 1 unspecified atom stereocenters. The van der Waals surface area contributed by atoms with Crippen LogP contribution in [0.4, 0.5) is 0 Å². The van der Waals surface area contributed by atoms with Crippen LogP contribution in [0.1, 0.15) is 24.6 Å². The zero-order valence-corrected chi connectivity index (χ0v) is 17.3. The minimum absolute atomic E-state index is 0.0901. The Balaban J connectivity index is 1.51. The van der Waals surface area contributed by atoms with Crippen LogP contribution in [0.5, 0.6) is 11.5 Å². The summed E-state index contributed by atoms with van der Waals surface area (Å²) < 4.78 is 7.75. The minimum atomic E-state index is -0.350. The molecule has 156 valence electrons. The van der Waals surface area contributed by atoms with Crippen LogP contribution < -0.4 is 4.74 Å².